The van der Waals surface area contributed by atoms with Crippen molar-refractivity contribution in [3.05, 3.63) is 0 Å². The molecule has 5 heteroatoms. The van der Waals surface area contributed by atoms with Crippen LogP contribution in [-0.4, -0.2) is 53.6 Å². The first-order valence-electron chi connectivity index (χ1n) is 7.56. The van der Waals surface area contributed by atoms with Crippen LogP contribution in [0, 0.1) is 5.92 Å². The predicted octanol–water partition coefficient (Wildman–Crippen LogP) is 2.17. The lowest BCUT2D eigenvalue weighted by Crippen LogP contribution is -2.51. The molecule has 2 aliphatic heterocycles. The third-order valence-corrected chi connectivity index (χ3v) is 4.22. The summed E-state index contributed by atoms with van der Waals surface area (Å²) >= 11 is 0. The maximum atomic E-state index is 12.0. The summed E-state index contributed by atoms with van der Waals surface area (Å²) in [6, 6.07) is 0. The highest BCUT2D eigenvalue weighted by Crippen LogP contribution is 2.36. The molecule has 1 atom stereocenters. The second kappa shape index (κ2) is 5.90. The van der Waals surface area contributed by atoms with Gasteiger partial charge in [0.05, 0.1) is 12.2 Å². The van der Waals surface area contributed by atoms with E-state index in [0.717, 1.165) is 25.7 Å². The van der Waals surface area contributed by atoms with Gasteiger partial charge in [0, 0.05) is 25.6 Å². The number of hydrogen-bond acceptors (Lipinski definition) is 4. The predicted molar refractivity (Wildman–Crippen MR) is 75.5 cm³/mol. The van der Waals surface area contributed by atoms with E-state index in [2.05, 4.69) is 0 Å². The van der Waals surface area contributed by atoms with Gasteiger partial charge in [-0.05, 0) is 46.5 Å². The summed E-state index contributed by atoms with van der Waals surface area (Å²) in [5.41, 5.74) is -0.522. The van der Waals surface area contributed by atoms with E-state index in [0.29, 0.717) is 19.7 Å². The minimum Gasteiger partial charge on any atom is -0.444 e. The number of hydrogen-bond donors (Lipinski definition) is 1. The Kier molecular flexibility index (Phi) is 4.59. The van der Waals surface area contributed by atoms with Crippen LogP contribution in [0.15, 0.2) is 0 Å². The van der Waals surface area contributed by atoms with Gasteiger partial charge in [-0.2, -0.15) is 0 Å². The Morgan fingerprint density at radius 2 is 2.00 bits per heavy atom. The second-order valence-electron chi connectivity index (χ2n) is 7.05. The Morgan fingerprint density at radius 1 is 1.35 bits per heavy atom. The highest BCUT2D eigenvalue weighted by molar-refractivity contribution is 5.68. The number of carbonyl (C=O) groups is 1. The molecule has 2 fully saturated rings. The Bertz CT molecular complexity index is 332. The van der Waals surface area contributed by atoms with Crippen molar-refractivity contribution in [2.24, 2.45) is 5.92 Å². The summed E-state index contributed by atoms with van der Waals surface area (Å²) in [5.74, 6) is 0.282. The molecule has 0 radical (unpaired) electrons. The van der Waals surface area contributed by atoms with Crippen molar-refractivity contribution in [2.45, 2.75) is 57.7 Å². The molecule has 0 bridgehead atoms. The fraction of sp³-hybridized carbons (Fsp3) is 0.933. The topological polar surface area (TPSA) is 59.0 Å². The summed E-state index contributed by atoms with van der Waals surface area (Å²) in [4.78, 5) is 13.8. The molecule has 0 aromatic rings. The fourth-order valence-electron chi connectivity index (χ4n) is 2.88. The Hall–Kier alpha value is -0.810. The van der Waals surface area contributed by atoms with Gasteiger partial charge in [0.2, 0.25) is 0 Å². The normalized spacial score (nSPS) is 26.6. The van der Waals surface area contributed by atoms with Crippen LogP contribution in [0.2, 0.25) is 0 Å². The lowest BCUT2D eigenvalue weighted by Gasteiger charge is -2.45. The van der Waals surface area contributed by atoms with Crippen molar-refractivity contribution in [1.29, 1.82) is 0 Å². The molecule has 20 heavy (non-hydrogen) atoms. The SMILES string of the molecule is CC(C)(C)OC(=O)N1CCC2(CCC(CO)CO2)CC1. The molecule has 0 aromatic heterocycles. The van der Waals surface area contributed by atoms with Gasteiger partial charge in [-0.3, -0.25) is 0 Å². The quantitative estimate of drug-likeness (QED) is 0.802. The van der Waals surface area contributed by atoms with Crippen molar-refractivity contribution < 1.29 is 19.4 Å². The van der Waals surface area contributed by atoms with Gasteiger partial charge < -0.3 is 19.5 Å². The molecule has 0 aromatic carbocycles. The molecule has 1 spiro atoms. The van der Waals surface area contributed by atoms with Gasteiger partial charge in [-0.25, -0.2) is 4.79 Å². The summed E-state index contributed by atoms with van der Waals surface area (Å²) in [7, 11) is 0. The van der Waals surface area contributed by atoms with E-state index in [1.165, 1.54) is 0 Å². The Labute approximate surface area is 121 Å². The minimum absolute atomic E-state index is 0.0792. The van der Waals surface area contributed by atoms with E-state index >= 15 is 0 Å². The van der Waals surface area contributed by atoms with Crippen molar-refractivity contribution in [1.82, 2.24) is 4.90 Å². The number of piperidine rings is 1. The van der Waals surface area contributed by atoms with E-state index in [1.807, 2.05) is 20.8 Å². The summed E-state index contributed by atoms with van der Waals surface area (Å²) < 4.78 is 11.4. The molecule has 1 amide bonds. The van der Waals surface area contributed by atoms with E-state index < -0.39 is 5.60 Å². The number of aliphatic hydroxyl groups excluding tert-OH is 1. The molecular weight excluding hydrogens is 258 g/mol. The molecule has 2 saturated heterocycles. The standard InChI is InChI=1S/C15H27NO4/c1-14(2,3)20-13(18)16-8-6-15(7-9-16)5-4-12(10-17)11-19-15/h12,17H,4-11H2,1-3H3. The van der Waals surface area contributed by atoms with Gasteiger partial charge in [0.15, 0.2) is 0 Å². The summed E-state index contributed by atoms with van der Waals surface area (Å²) in [6.07, 6.45) is 3.51. The third kappa shape index (κ3) is 3.85. The van der Waals surface area contributed by atoms with Crippen LogP contribution in [0.3, 0.4) is 0 Å². The van der Waals surface area contributed by atoms with E-state index in [4.69, 9.17) is 14.6 Å². The molecule has 5 nitrogen and oxygen atoms in total. The van der Waals surface area contributed by atoms with Crippen LogP contribution in [0.1, 0.15) is 46.5 Å². The first kappa shape index (κ1) is 15.6. The van der Waals surface area contributed by atoms with Crippen molar-refractivity contribution in [3.63, 3.8) is 0 Å². The lowest BCUT2D eigenvalue weighted by atomic mass is 9.82. The molecule has 0 saturated carbocycles. The number of ether oxygens (including phenoxy) is 2. The monoisotopic (exact) mass is 285 g/mol. The van der Waals surface area contributed by atoms with Gasteiger partial charge >= 0.3 is 6.09 Å². The number of amides is 1. The average molecular weight is 285 g/mol. The van der Waals surface area contributed by atoms with E-state index in [-0.39, 0.29) is 24.2 Å². The summed E-state index contributed by atoms with van der Waals surface area (Å²) in [6.45, 7) is 7.89. The highest BCUT2D eigenvalue weighted by atomic mass is 16.6. The number of rotatable bonds is 1. The number of nitrogens with zero attached hydrogens (tertiary/aromatic N) is 1. The summed E-state index contributed by atoms with van der Waals surface area (Å²) in [5, 5.41) is 9.15. The molecule has 1 N–H and O–H groups in total. The maximum Gasteiger partial charge on any atom is 0.410 e. The van der Waals surface area contributed by atoms with Gasteiger partial charge in [0.25, 0.3) is 0 Å². The minimum atomic E-state index is -0.443. The average Bonchev–Trinajstić information content (AvgIpc) is 2.38. The van der Waals surface area contributed by atoms with Crippen LogP contribution in [-0.2, 0) is 9.47 Å². The molecular formula is C15H27NO4. The Balaban J connectivity index is 1.82. The molecule has 2 rings (SSSR count). The molecule has 2 heterocycles. The van der Waals surface area contributed by atoms with Gasteiger partial charge in [-0.15, -0.1) is 0 Å². The number of likely N-dealkylation sites (tertiary alicyclic amines) is 1. The number of aliphatic hydroxyl groups is 1. The van der Waals surface area contributed by atoms with Crippen LogP contribution < -0.4 is 0 Å². The van der Waals surface area contributed by atoms with Crippen LogP contribution in [0.5, 0.6) is 0 Å². The van der Waals surface area contributed by atoms with E-state index in [1.54, 1.807) is 4.90 Å². The van der Waals surface area contributed by atoms with E-state index in [9.17, 15) is 4.79 Å². The van der Waals surface area contributed by atoms with Crippen LogP contribution in [0.25, 0.3) is 0 Å². The lowest BCUT2D eigenvalue weighted by molar-refractivity contribution is -0.133. The van der Waals surface area contributed by atoms with Crippen molar-refractivity contribution in [2.75, 3.05) is 26.3 Å². The molecule has 2 aliphatic rings. The first-order chi connectivity index (χ1) is 9.34. The zero-order valence-electron chi connectivity index (χ0n) is 12.9. The maximum absolute atomic E-state index is 12.0. The highest BCUT2D eigenvalue weighted by Gasteiger charge is 2.40. The first-order valence-corrected chi connectivity index (χ1v) is 7.56. The van der Waals surface area contributed by atoms with Crippen molar-refractivity contribution in [3.8, 4) is 0 Å². The largest absolute Gasteiger partial charge is 0.444 e. The fourth-order valence-corrected chi connectivity index (χ4v) is 2.88. The Morgan fingerprint density at radius 3 is 2.45 bits per heavy atom. The molecule has 1 unspecified atom stereocenters. The zero-order chi connectivity index (χ0) is 14.8. The third-order valence-electron chi connectivity index (χ3n) is 4.22. The van der Waals surface area contributed by atoms with Crippen molar-refractivity contribution >= 4 is 6.09 Å². The number of carbonyl (C=O) groups excluding carboxylic acids is 1. The second-order valence-corrected chi connectivity index (χ2v) is 7.05. The zero-order valence-corrected chi connectivity index (χ0v) is 12.9. The van der Waals surface area contributed by atoms with Gasteiger partial charge in [0.1, 0.15) is 5.60 Å². The smallest absolute Gasteiger partial charge is 0.410 e. The molecule has 0 aliphatic carbocycles. The van der Waals surface area contributed by atoms with Gasteiger partial charge in [-0.1, -0.05) is 0 Å². The van der Waals surface area contributed by atoms with Crippen LogP contribution >= 0.6 is 0 Å². The van der Waals surface area contributed by atoms with Crippen LogP contribution in [0.4, 0.5) is 4.79 Å². The molecule has 116 valence electrons.